The van der Waals surface area contributed by atoms with Gasteiger partial charge in [-0.15, -0.1) is 12.0 Å². The molecule has 0 fully saturated rings. The smallest absolute Gasteiger partial charge is 0.241 e. The first-order valence-corrected chi connectivity index (χ1v) is 7.32. The molecule has 0 N–H and O–H groups in total. The van der Waals surface area contributed by atoms with Gasteiger partial charge in [-0.1, -0.05) is 60.7 Å². The average Bonchev–Trinajstić information content (AvgIpc) is 2.45. The Balaban J connectivity index is 2.14. The molecule has 0 radical (unpaired) electrons. The molecule has 2 aromatic rings. The Morgan fingerprint density at radius 3 is 2.22 bits per heavy atom. The molecule has 0 saturated carbocycles. The SMILES string of the molecule is C#C[SiH2]OC(Cc1ccccc1)c1ccccc1. The minimum absolute atomic E-state index is 0.0799. The van der Waals surface area contributed by atoms with Gasteiger partial charge in [0.2, 0.25) is 9.76 Å². The van der Waals surface area contributed by atoms with E-state index in [9.17, 15) is 0 Å². The predicted molar refractivity (Wildman–Crippen MR) is 77.8 cm³/mol. The van der Waals surface area contributed by atoms with E-state index in [2.05, 4.69) is 41.9 Å². The lowest BCUT2D eigenvalue weighted by molar-refractivity contribution is 0.222. The Bertz CT molecular complexity index is 502. The Morgan fingerprint density at radius 1 is 1.00 bits per heavy atom. The normalized spacial score (nSPS) is 12.4. The minimum Gasteiger partial charge on any atom is -0.404 e. The number of hydrogen-bond acceptors (Lipinski definition) is 1. The standard InChI is InChI=1S/C16H16OSi/c1-2-18-17-16(15-11-7-4-8-12-15)13-14-9-5-3-6-10-14/h1,3-12,16H,13,18H2. The van der Waals surface area contributed by atoms with Gasteiger partial charge < -0.3 is 4.43 Å². The highest BCUT2D eigenvalue weighted by atomic mass is 28.2. The van der Waals surface area contributed by atoms with E-state index in [0.717, 1.165) is 6.42 Å². The maximum absolute atomic E-state index is 5.88. The summed E-state index contributed by atoms with van der Waals surface area (Å²) >= 11 is 0. The summed E-state index contributed by atoms with van der Waals surface area (Å²) in [6, 6.07) is 20.7. The number of terminal acetylenes is 1. The number of hydrogen-bond donors (Lipinski definition) is 0. The van der Waals surface area contributed by atoms with Crippen LogP contribution in [0.4, 0.5) is 0 Å². The highest BCUT2D eigenvalue weighted by Crippen LogP contribution is 2.21. The Labute approximate surface area is 111 Å². The topological polar surface area (TPSA) is 9.23 Å². The highest BCUT2D eigenvalue weighted by Gasteiger charge is 2.11. The Morgan fingerprint density at radius 2 is 1.61 bits per heavy atom. The molecule has 1 atom stereocenters. The van der Waals surface area contributed by atoms with E-state index < -0.39 is 9.76 Å². The third kappa shape index (κ3) is 3.59. The van der Waals surface area contributed by atoms with Crippen LogP contribution in [-0.2, 0) is 10.8 Å². The average molecular weight is 252 g/mol. The van der Waals surface area contributed by atoms with E-state index in [1.165, 1.54) is 11.1 Å². The second-order valence-corrected chi connectivity index (χ2v) is 5.13. The monoisotopic (exact) mass is 252 g/mol. The lowest BCUT2D eigenvalue weighted by Gasteiger charge is -2.17. The quantitative estimate of drug-likeness (QED) is 0.587. The molecule has 2 rings (SSSR count). The highest BCUT2D eigenvalue weighted by molar-refractivity contribution is 6.38. The van der Waals surface area contributed by atoms with Crippen LogP contribution in [0.2, 0.25) is 0 Å². The molecule has 0 saturated heterocycles. The van der Waals surface area contributed by atoms with Crippen molar-refractivity contribution in [1.29, 1.82) is 0 Å². The lowest BCUT2D eigenvalue weighted by Crippen LogP contribution is -2.10. The Kier molecular flexibility index (Phi) is 4.77. The van der Waals surface area contributed by atoms with Crippen LogP contribution in [0.1, 0.15) is 17.2 Å². The first-order chi connectivity index (χ1) is 8.90. The fraction of sp³-hybridized carbons (Fsp3) is 0.125. The van der Waals surface area contributed by atoms with Crippen molar-refractivity contribution in [3.63, 3.8) is 0 Å². The zero-order chi connectivity index (χ0) is 12.6. The molecule has 18 heavy (non-hydrogen) atoms. The molecule has 2 aromatic carbocycles. The molecule has 0 spiro atoms. The van der Waals surface area contributed by atoms with Crippen molar-refractivity contribution in [2.75, 3.05) is 0 Å². The van der Waals surface area contributed by atoms with Gasteiger partial charge in [-0.25, -0.2) is 0 Å². The van der Waals surface area contributed by atoms with Crippen molar-refractivity contribution in [3.8, 4) is 12.0 Å². The molecular formula is C16H16OSi. The third-order valence-electron chi connectivity index (χ3n) is 2.80. The molecule has 0 heterocycles. The van der Waals surface area contributed by atoms with Crippen molar-refractivity contribution in [2.24, 2.45) is 0 Å². The van der Waals surface area contributed by atoms with Gasteiger partial charge >= 0.3 is 0 Å². The summed E-state index contributed by atoms with van der Waals surface area (Å²) in [4.78, 5) is 0. The molecule has 0 aliphatic carbocycles. The molecule has 1 nitrogen and oxygen atoms in total. The van der Waals surface area contributed by atoms with Crippen molar-refractivity contribution < 1.29 is 4.43 Å². The van der Waals surface area contributed by atoms with E-state index in [0.29, 0.717) is 0 Å². The molecule has 2 heteroatoms. The van der Waals surface area contributed by atoms with Crippen LogP contribution in [0, 0.1) is 12.0 Å². The zero-order valence-electron chi connectivity index (χ0n) is 10.3. The predicted octanol–water partition coefficient (Wildman–Crippen LogP) is 2.66. The van der Waals surface area contributed by atoms with Gasteiger partial charge in [0.1, 0.15) is 0 Å². The van der Waals surface area contributed by atoms with Gasteiger partial charge in [-0.2, -0.15) is 0 Å². The third-order valence-corrected chi connectivity index (χ3v) is 3.54. The number of benzene rings is 2. The van der Waals surface area contributed by atoms with Crippen molar-refractivity contribution in [3.05, 3.63) is 71.8 Å². The van der Waals surface area contributed by atoms with Crippen LogP contribution in [0.15, 0.2) is 60.7 Å². The molecule has 0 aliphatic rings. The van der Waals surface area contributed by atoms with Crippen molar-refractivity contribution in [2.45, 2.75) is 12.5 Å². The van der Waals surface area contributed by atoms with E-state index in [1.807, 2.05) is 24.3 Å². The van der Waals surface area contributed by atoms with Crippen molar-refractivity contribution >= 4 is 9.76 Å². The summed E-state index contributed by atoms with van der Waals surface area (Å²) in [6.45, 7) is 0. The minimum atomic E-state index is -0.858. The molecule has 0 aromatic heterocycles. The molecule has 0 bridgehead atoms. The van der Waals surface area contributed by atoms with Gasteiger partial charge in [0.25, 0.3) is 0 Å². The fourth-order valence-corrected chi connectivity index (χ4v) is 2.53. The molecule has 0 amide bonds. The fourth-order valence-electron chi connectivity index (χ4n) is 1.92. The summed E-state index contributed by atoms with van der Waals surface area (Å²) in [5.41, 5.74) is 5.14. The van der Waals surface area contributed by atoms with E-state index in [4.69, 9.17) is 10.8 Å². The molecule has 1 unspecified atom stereocenters. The molecule has 90 valence electrons. The summed E-state index contributed by atoms with van der Waals surface area (Å²) in [7, 11) is -0.858. The second kappa shape index (κ2) is 6.80. The van der Waals surface area contributed by atoms with Gasteiger partial charge in [-0.05, 0) is 11.1 Å². The van der Waals surface area contributed by atoms with E-state index >= 15 is 0 Å². The van der Waals surface area contributed by atoms with E-state index in [1.54, 1.807) is 0 Å². The molecule has 0 aliphatic heterocycles. The van der Waals surface area contributed by atoms with Crippen LogP contribution < -0.4 is 0 Å². The second-order valence-electron chi connectivity index (χ2n) is 4.10. The van der Waals surface area contributed by atoms with Gasteiger partial charge in [0.05, 0.1) is 6.10 Å². The summed E-state index contributed by atoms with van der Waals surface area (Å²) in [5, 5.41) is 0. The van der Waals surface area contributed by atoms with Crippen molar-refractivity contribution in [1.82, 2.24) is 0 Å². The number of rotatable bonds is 5. The van der Waals surface area contributed by atoms with Crippen LogP contribution in [0.5, 0.6) is 0 Å². The van der Waals surface area contributed by atoms with Gasteiger partial charge in [0, 0.05) is 6.42 Å². The van der Waals surface area contributed by atoms with Crippen LogP contribution in [-0.4, -0.2) is 9.76 Å². The summed E-state index contributed by atoms with van der Waals surface area (Å²) in [5.74, 6) is 0. The zero-order valence-corrected chi connectivity index (χ0v) is 11.7. The maximum Gasteiger partial charge on any atom is 0.241 e. The lowest BCUT2D eigenvalue weighted by atomic mass is 10.0. The largest absolute Gasteiger partial charge is 0.404 e. The van der Waals surface area contributed by atoms with Gasteiger partial charge in [0.15, 0.2) is 0 Å². The Hall–Kier alpha value is -1.82. The summed E-state index contributed by atoms with van der Waals surface area (Å²) < 4.78 is 5.88. The van der Waals surface area contributed by atoms with E-state index in [-0.39, 0.29) is 6.10 Å². The van der Waals surface area contributed by atoms with Crippen LogP contribution in [0.25, 0.3) is 0 Å². The first-order valence-electron chi connectivity index (χ1n) is 6.04. The first kappa shape index (κ1) is 12.6. The van der Waals surface area contributed by atoms with Crippen LogP contribution in [0.3, 0.4) is 0 Å². The maximum atomic E-state index is 5.88. The summed E-state index contributed by atoms with van der Waals surface area (Å²) in [6.07, 6.45) is 6.29. The van der Waals surface area contributed by atoms with Gasteiger partial charge in [-0.3, -0.25) is 0 Å². The van der Waals surface area contributed by atoms with Crippen LogP contribution >= 0.6 is 0 Å². The molecular weight excluding hydrogens is 236 g/mol.